The van der Waals surface area contributed by atoms with Gasteiger partial charge in [-0.25, -0.2) is 0 Å². The van der Waals surface area contributed by atoms with Crippen molar-refractivity contribution in [3.05, 3.63) is 29.3 Å². The molecule has 1 aromatic carbocycles. The summed E-state index contributed by atoms with van der Waals surface area (Å²) in [5.74, 6) is 0. The van der Waals surface area contributed by atoms with Crippen LogP contribution in [0.5, 0.6) is 0 Å². The van der Waals surface area contributed by atoms with Crippen LogP contribution in [-0.4, -0.2) is 36.4 Å². The first-order chi connectivity index (χ1) is 8.45. The molecule has 3 heteroatoms. The van der Waals surface area contributed by atoms with Crippen molar-refractivity contribution in [3.8, 4) is 0 Å². The second-order valence-corrected chi connectivity index (χ2v) is 5.92. The van der Waals surface area contributed by atoms with Crippen LogP contribution in [0.2, 0.25) is 0 Å². The van der Waals surface area contributed by atoms with E-state index in [1.807, 2.05) is 0 Å². The number of aryl methyl sites for hydroxylation is 2. The van der Waals surface area contributed by atoms with E-state index in [9.17, 15) is 5.11 Å². The quantitative estimate of drug-likeness (QED) is 0.838. The second kappa shape index (κ2) is 4.90. The van der Waals surface area contributed by atoms with E-state index in [1.54, 1.807) is 0 Å². The van der Waals surface area contributed by atoms with Gasteiger partial charge in [-0.3, -0.25) is 0 Å². The molecule has 0 saturated carbocycles. The SMILES string of the molecule is Cc1ccc(N2C(CO)CNCC2(C)C)cc1C. The van der Waals surface area contributed by atoms with Gasteiger partial charge in [0.2, 0.25) is 0 Å². The van der Waals surface area contributed by atoms with Crippen molar-refractivity contribution >= 4 is 5.69 Å². The van der Waals surface area contributed by atoms with Crippen molar-refractivity contribution in [3.63, 3.8) is 0 Å². The van der Waals surface area contributed by atoms with Gasteiger partial charge >= 0.3 is 0 Å². The van der Waals surface area contributed by atoms with E-state index in [0.717, 1.165) is 13.1 Å². The summed E-state index contributed by atoms with van der Waals surface area (Å²) in [6.45, 7) is 10.7. The zero-order valence-corrected chi connectivity index (χ0v) is 11.8. The molecule has 18 heavy (non-hydrogen) atoms. The highest BCUT2D eigenvalue weighted by atomic mass is 16.3. The van der Waals surface area contributed by atoms with E-state index in [0.29, 0.717) is 0 Å². The molecule has 0 bridgehead atoms. The van der Waals surface area contributed by atoms with Crippen molar-refractivity contribution in [1.82, 2.24) is 5.32 Å². The minimum Gasteiger partial charge on any atom is -0.394 e. The van der Waals surface area contributed by atoms with Crippen LogP contribution in [0.25, 0.3) is 0 Å². The van der Waals surface area contributed by atoms with Crippen LogP contribution in [0.15, 0.2) is 18.2 Å². The molecule has 0 aliphatic carbocycles. The first-order valence-corrected chi connectivity index (χ1v) is 6.64. The lowest BCUT2D eigenvalue weighted by Crippen LogP contribution is -2.64. The number of anilines is 1. The molecule has 3 nitrogen and oxygen atoms in total. The number of aliphatic hydroxyl groups excluding tert-OH is 1. The van der Waals surface area contributed by atoms with Crippen molar-refractivity contribution in [2.24, 2.45) is 0 Å². The number of hydrogen-bond acceptors (Lipinski definition) is 3. The maximum Gasteiger partial charge on any atom is 0.0651 e. The van der Waals surface area contributed by atoms with Gasteiger partial charge in [-0.1, -0.05) is 6.07 Å². The van der Waals surface area contributed by atoms with Gasteiger partial charge in [0.25, 0.3) is 0 Å². The van der Waals surface area contributed by atoms with E-state index in [-0.39, 0.29) is 18.2 Å². The Hall–Kier alpha value is -1.06. The van der Waals surface area contributed by atoms with E-state index >= 15 is 0 Å². The highest BCUT2D eigenvalue weighted by Gasteiger charge is 2.36. The zero-order valence-electron chi connectivity index (χ0n) is 11.8. The lowest BCUT2D eigenvalue weighted by Gasteiger charge is -2.49. The molecule has 1 atom stereocenters. The van der Waals surface area contributed by atoms with Crippen molar-refractivity contribution in [2.45, 2.75) is 39.3 Å². The number of nitrogens with zero attached hydrogens (tertiary/aromatic N) is 1. The third kappa shape index (κ3) is 2.38. The summed E-state index contributed by atoms with van der Waals surface area (Å²) < 4.78 is 0. The Bertz CT molecular complexity index is 429. The Morgan fingerprint density at radius 3 is 2.67 bits per heavy atom. The summed E-state index contributed by atoms with van der Waals surface area (Å²) in [5, 5.41) is 13.0. The van der Waals surface area contributed by atoms with Gasteiger partial charge in [0, 0.05) is 24.3 Å². The van der Waals surface area contributed by atoms with Gasteiger partial charge in [-0.2, -0.15) is 0 Å². The molecule has 0 amide bonds. The highest BCUT2D eigenvalue weighted by Crippen LogP contribution is 2.30. The monoisotopic (exact) mass is 248 g/mol. The summed E-state index contributed by atoms with van der Waals surface area (Å²) in [6.07, 6.45) is 0. The van der Waals surface area contributed by atoms with E-state index in [1.165, 1.54) is 16.8 Å². The first-order valence-electron chi connectivity index (χ1n) is 6.64. The number of rotatable bonds is 2. The topological polar surface area (TPSA) is 35.5 Å². The van der Waals surface area contributed by atoms with E-state index in [4.69, 9.17) is 0 Å². The Labute approximate surface area is 110 Å². The standard InChI is InChI=1S/C15H24N2O/c1-11-5-6-13(7-12(11)2)17-14(9-18)8-16-10-15(17,3)4/h5-7,14,16,18H,8-10H2,1-4H3. The smallest absolute Gasteiger partial charge is 0.0651 e. The fourth-order valence-corrected chi connectivity index (χ4v) is 2.80. The van der Waals surface area contributed by atoms with E-state index in [2.05, 4.69) is 56.1 Å². The number of benzene rings is 1. The minimum absolute atomic E-state index is 0.0212. The molecular weight excluding hydrogens is 224 g/mol. The fourth-order valence-electron chi connectivity index (χ4n) is 2.80. The van der Waals surface area contributed by atoms with Gasteiger partial charge in [-0.15, -0.1) is 0 Å². The summed E-state index contributed by atoms with van der Waals surface area (Å²) in [5.41, 5.74) is 3.85. The number of piperazine rings is 1. The maximum atomic E-state index is 9.60. The highest BCUT2D eigenvalue weighted by molar-refractivity contribution is 5.54. The summed E-state index contributed by atoms with van der Waals surface area (Å²) in [4.78, 5) is 2.36. The summed E-state index contributed by atoms with van der Waals surface area (Å²) in [6, 6.07) is 6.70. The molecule has 100 valence electrons. The first kappa shape index (κ1) is 13.4. The molecule has 0 aromatic heterocycles. The minimum atomic E-state index is 0.0212. The molecule has 1 saturated heterocycles. The van der Waals surface area contributed by atoms with Gasteiger partial charge < -0.3 is 15.3 Å². The lowest BCUT2D eigenvalue weighted by molar-refractivity contribution is 0.212. The Morgan fingerprint density at radius 1 is 1.33 bits per heavy atom. The summed E-state index contributed by atoms with van der Waals surface area (Å²) in [7, 11) is 0. The molecule has 1 aliphatic heterocycles. The third-order valence-corrected chi connectivity index (χ3v) is 3.93. The van der Waals surface area contributed by atoms with Crippen molar-refractivity contribution < 1.29 is 5.11 Å². The van der Waals surface area contributed by atoms with Gasteiger partial charge in [0.1, 0.15) is 0 Å². The molecule has 1 unspecified atom stereocenters. The van der Waals surface area contributed by atoms with Gasteiger partial charge in [0.15, 0.2) is 0 Å². The van der Waals surface area contributed by atoms with Crippen LogP contribution in [0, 0.1) is 13.8 Å². The third-order valence-electron chi connectivity index (χ3n) is 3.93. The molecular formula is C15H24N2O. The van der Waals surface area contributed by atoms with E-state index < -0.39 is 0 Å². The average Bonchev–Trinajstić information content (AvgIpc) is 2.31. The largest absolute Gasteiger partial charge is 0.394 e. The molecule has 0 radical (unpaired) electrons. The van der Waals surface area contributed by atoms with Crippen LogP contribution < -0.4 is 10.2 Å². The predicted octanol–water partition coefficient (Wildman–Crippen LogP) is 1.85. The molecule has 1 aromatic rings. The average molecular weight is 248 g/mol. The Kier molecular flexibility index (Phi) is 3.64. The number of hydrogen-bond donors (Lipinski definition) is 2. The zero-order chi connectivity index (χ0) is 13.3. The normalized spacial score (nSPS) is 23.2. The van der Waals surface area contributed by atoms with Gasteiger partial charge in [-0.05, 0) is 51.0 Å². The van der Waals surface area contributed by atoms with Crippen LogP contribution in [-0.2, 0) is 0 Å². The number of nitrogens with one attached hydrogen (secondary N) is 1. The van der Waals surface area contributed by atoms with Crippen LogP contribution in [0.1, 0.15) is 25.0 Å². The van der Waals surface area contributed by atoms with Crippen LogP contribution in [0.3, 0.4) is 0 Å². The summed E-state index contributed by atoms with van der Waals surface area (Å²) >= 11 is 0. The molecule has 0 spiro atoms. The molecule has 2 rings (SSSR count). The maximum absolute atomic E-state index is 9.60. The fraction of sp³-hybridized carbons (Fsp3) is 0.600. The lowest BCUT2D eigenvalue weighted by atomic mass is 9.94. The second-order valence-electron chi connectivity index (χ2n) is 5.92. The van der Waals surface area contributed by atoms with Gasteiger partial charge in [0.05, 0.1) is 12.6 Å². The van der Waals surface area contributed by atoms with Crippen molar-refractivity contribution in [2.75, 3.05) is 24.6 Å². The van der Waals surface area contributed by atoms with Crippen molar-refractivity contribution in [1.29, 1.82) is 0 Å². The van der Waals surface area contributed by atoms with Crippen LogP contribution in [0.4, 0.5) is 5.69 Å². The molecule has 1 aliphatic rings. The Balaban J connectivity index is 2.40. The number of aliphatic hydroxyl groups is 1. The Morgan fingerprint density at radius 2 is 2.06 bits per heavy atom. The molecule has 1 heterocycles. The molecule has 1 fully saturated rings. The molecule has 2 N–H and O–H groups in total. The predicted molar refractivity (Wildman–Crippen MR) is 76.2 cm³/mol. The van der Waals surface area contributed by atoms with Crippen LogP contribution >= 0.6 is 0 Å².